The molecule has 0 saturated carbocycles. The van der Waals surface area contributed by atoms with Crippen molar-refractivity contribution in [2.24, 2.45) is 5.10 Å². The minimum Gasteiger partial charge on any atom is -0.396 e. The van der Waals surface area contributed by atoms with E-state index in [1.54, 1.807) is 6.07 Å². The molecule has 4 N–H and O–H groups in total. The van der Waals surface area contributed by atoms with E-state index in [-0.39, 0.29) is 37.8 Å². The number of benzene rings is 1. The highest BCUT2D eigenvalue weighted by atomic mass is 35.5. The van der Waals surface area contributed by atoms with Gasteiger partial charge in [0.25, 0.3) is 16.5 Å². The third-order valence-corrected chi connectivity index (χ3v) is 4.02. The van der Waals surface area contributed by atoms with Crippen LogP contribution >= 0.6 is 34.8 Å². The highest BCUT2D eigenvalue weighted by molar-refractivity contribution is 6.45. The first kappa shape index (κ1) is 17.9. The predicted molar refractivity (Wildman–Crippen MR) is 90.6 cm³/mol. The standard InChI is InChI=1S/C13H8Cl3N5O3/c14-8-10(17)9(15)12(16)19-11(8)13(22)20-18-5-6-3-1-2-4-7(6)21(23)24/h1-5H,(H2,17,19)(H,20,22)/p+1/b18-5-. The average molecular weight is 390 g/mol. The number of aromatic amines is 1. The summed E-state index contributed by atoms with van der Waals surface area (Å²) < 4.78 is 0. The van der Waals surface area contributed by atoms with Crippen LogP contribution < -0.4 is 16.1 Å². The molecule has 0 aliphatic rings. The van der Waals surface area contributed by atoms with Crippen molar-refractivity contribution < 1.29 is 14.7 Å². The fourth-order valence-electron chi connectivity index (χ4n) is 1.70. The molecule has 0 aliphatic heterocycles. The van der Waals surface area contributed by atoms with Crippen molar-refractivity contribution in [2.45, 2.75) is 0 Å². The summed E-state index contributed by atoms with van der Waals surface area (Å²) in [5.74, 6) is -0.750. The molecule has 1 amide bonds. The van der Waals surface area contributed by atoms with E-state index in [0.717, 1.165) is 6.21 Å². The molecule has 0 spiro atoms. The molecule has 2 aromatic rings. The molecular formula is C13H9Cl3N5O3+. The van der Waals surface area contributed by atoms with E-state index in [1.165, 1.54) is 18.2 Å². The molecule has 1 heterocycles. The number of anilines is 1. The fraction of sp³-hybridized carbons (Fsp3) is 0. The number of hydrazone groups is 1. The average Bonchev–Trinajstić information content (AvgIpc) is 2.56. The number of nitrogens with one attached hydrogen (secondary N) is 2. The number of halogens is 3. The first-order valence-corrected chi connectivity index (χ1v) is 7.38. The molecule has 0 saturated heterocycles. The molecule has 2 rings (SSSR count). The van der Waals surface area contributed by atoms with Crippen molar-refractivity contribution >= 4 is 58.3 Å². The number of para-hydroxylation sites is 1. The fourth-order valence-corrected chi connectivity index (χ4v) is 2.32. The van der Waals surface area contributed by atoms with Crippen molar-refractivity contribution in [2.75, 3.05) is 5.73 Å². The number of nitrogens with two attached hydrogens (primary N) is 1. The van der Waals surface area contributed by atoms with Gasteiger partial charge in [-0.2, -0.15) is 10.1 Å². The van der Waals surface area contributed by atoms with E-state index in [2.05, 4.69) is 15.5 Å². The molecule has 0 bridgehead atoms. The van der Waals surface area contributed by atoms with Gasteiger partial charge in [-0.1, -0.05) is 35.3 Å². The van der Waals surface area contributed by atoms with E-state index >= 15 is 0 Å². The molecule has 124 valence electrons. The number of H-pyrrole nitrogens is 1. The lowest BCUT2D eigenvalue weighted by molar-refractivity contribution is -0.385. The second-order valence-corrected chi connectivity index (χ2v) is 5.50. The van der Waals surface area contributed by atoms with Crippen LogP contribution in [0.4, 0.5) is 11.4 Å². The molecule has 1 aromatic heterocycles. The second-order valence-electron chi connectivity index (χ2n) is 4.37. The molecule has 11 heteroatoms. The summed E-state index contributed by atoms with van der Waals surface area (Å²) in [6.07, 6.45) is 1.13. The molecule has 0 unspecified atom stereocenters. The van der Waals surface area contributed by atoms with Crippen LogP contribution in [0.1, 0.15) is 16.1 Å². The van der Waals surface area contributed by atoms with Crippen LogP contribution in [0.25, 0.3) is 0 Å². The lowest BCUT2D eigenvalue weighted by atomic mass is 10.2. The van der Waals surface area contributed by atoms with Crippen LogP contribution in [0.5, 0.6) is 0 Å². The highest BCUT2D eigenvalue weighted by Gasteiger charge is 2.25. The summed E-state index contributed by atoms with van der Waals surface area (Å²) in [5, 5.41) is 14.3. The Morgan fingerprint density at radius 2 is 1.96 bits per heavy atom. The largest absolute Gasteiger partial charge is 0.396 e. The molecule has 0 fully saturated rings. The van der Waals surface area contributed by atoms with Crippen molar-refractivity contribution in [3.63, 3.8) is 0 Å². The molecule has 0 radical (unpaired) electrons. The number of pyridine rings is 1. The van der Waals surface area contributed by atoms with Crippen LogP contribution in [0, 0.1) is 10.1 Å². The van der Waals surface area contributed by atoms with E-state index in [0.29, 0.717) is 0 Å². The Morgan fingerprint density at radius 1 is 1.29 bits per heavy atom. The number of nitro groups is 1. The number of nitro benzene ring substituents is 1. The first-order chi connectivity index (χ1) is 11.3. The molecule has 0 atom stereocenters. The van der Waals surface area contributed by atoms with Crippen molar-refractivity contribution in [3.05, 3.63) is 60.8 Å². The Kier molecular flexibility index (Phi) is 5.55. The Hall–Kier alpha value is -2.42. The van der Waals surface area contributed by atoms with Crippen molar-refractivity contribution in [1.82, 2.24) is 5.43 Å². The van der Waals surface area contributed by atoms with Gasteiger partial charge in [-0.3, -0.25) is 14.9 Å². The quantitative estimate of drug-likeness (QED) is 0.361. The van der Waals surface area contributed by atoms with Gasteiger partial charge in [0.1, 0.15) is 10.0 Å². The third-order valence-electron chi connectivity index (χ3n) is 2.85. The van der Waals surface area contributed by atoms with Crippen molar-refractivity contribution in [1.29, 1.82) is 0 Å². The van der Waals surface area contributed by atoms with Crippen LogP contribution in [-0.2, 0) is 0 Å². The summed E-state index contributed by atoms with van der Waals surface area (Å²) in [7, 11) is 0. The van der Waals surface area contributed by atoms with Crippen LogP contribution in [0.3, 0.4) is 0 Å². The maximum Gasteiger partial charge on any atom is 0.337 e. The Morgan fingerprint density at radius 3 is 2.62 bits per heavy atom. The predicted octanol–water partition coefficient (Wildman–Crippen LogP) is 2.72. The lowest BCUT2D eigenvalue weighted by Crippen LogP contribution is -2.28. The topological polar surface area (TPSA) is 125 Å². The number of nitrogens with zero attached hydrogens (tertiary/aromatic N) is 2. The maximum absolute atomic E-state index is 12.1. The molecule has 1 aromatic carbocycles. The van der Waals surface area contributed by atoms with E-state index in [4.69, 9.17) is 40.5 Å². The first-order valence-electron chi connectivity index (χ1n) is 6.25. The number of aromatic nitrogens is 1. The highest BCUT2D eigenvalue weighted by Crippen LogP contribution is 2.31. The Balaban J connectivity index is 2.22. The van der Waals surface area contributed by atoms with Gasteiger partial charge >= 0.3 is 5.91 Å². The molecule has 24 heavy (non-hydrogen) atoms. The summed E-state index contributed by atoms with van der Waals surface area (Å²) in [4.78, 5) is 24.9. The molecular weight excluding hydrogens is 381 g/mol. The van der Waals surface area contributed by atoms with Gasteiger partial charge in [-0.15, -0.1) is 0 Å². The SMILES string of the molecule is Nc1c(Cl)c(Cl)[nH+]c(C(=O)N/N=C\c2ccccc2[N+](=O)[O-])c1Cl. The monoisotopic (exact) mass is 388 g/mol. The minimum atomic E-state index is -0.750. The van der Waals surface area contributed by atoms with Gasteiger partial charge in [-0.05, 0) is 17.7 Å². The Labute approximate surface area is 150 Å². The van der Waals surface area contributed by atoms with Crippen LogP contribution in [0.2, 0.25) is 15.2 Å². The smallest absolute Gasteiger partial charge is 0.337 e. The van der Waals surface area contributed by atoms with Gasteiger partial charge in [0, 0.05) is 6.07 Å². The minimum absolute atomic E-state index is 0.0124. The number of carbonyl (C=O) groups excluding carboxylic acids is 1. The van der Waals surface area contributed by atoms with Gasteiger partial charge < -0.3 is 5.73 Å². The summed E-state index contributed by atoms with van der Waals surface area (Å²) in [6.45, 7) is 0. The number of hydrogen-bond donors (Lipinski definition) is 2. The lowest BCUT2D eigenvalue weighted by Gasteiger charge is -2.02. The van der Waals surface area contributed by atoms with E-state index in [1.807, 2.05) is 0 Å². The van der Waals surface area contributed by atoms with E-state index in [9.17, 15) is 14.9 Å². The number of nitrogen functional groups attached to an aromatic ring is 1. The Bertz CT molecular complexity index is 857. The number of hydrogen-bond acceptors (Lipinski definition) is 5. The number of carbonyl (C=O) groups is 1. The zero-order valence-corrected chi connectivity index (χ0v) is 14.0. The number of rotatable bonds is 4. The number of amides is 1. The van der Waals surface area contributed by atoms with Gasteiger partial charge in [-0.25, -0.2) is 5.43 Å². The van der Waals surface area contributed by atoms with Gasteiger partial charge in [0.05, 0.1) is 22.4 Å². The van der Waals surface area contributed by atoms with Crippen LogP contribution in [-0.4, -0.2) is 17.0 Å². The molecule has 0 aliphatic carbocycles. The van der Waals surface area contributed by atoms with Gasteiger partial charge in [0.2, 0.25) is 0 Å². The van der Waals surface area contributed by atoms with Gasteiger partial charge in [0.15, 0.2) is 0 Å². The molecule has 8 nitrogen and oxygen atoms in total. The summed E-state index contributed by atoms with van der Waals surface area (Å²) in [5.41, 5.74) is 7.65. The van der Waals surface area contributed by atoms with Crippen LogP contribution in [0.15, 0.2) is 29.4 Å². The normalized spacial score (nSPS) is 10.8. The summed E-state index contributed by atoms with van der Waals surface area (Å²) >= 11 is 17.5. The zero-order chi connectivity index (χ0) is 17.9. The maximum atomic E-state index is 12.1. The zero-order valence-electron chi connectivity index (χ0n) is 11.7. The van der Waals surface area contributed by atoms with Crippen molar-refractivity contribution in [3.8, 4) is 0 Å². The van der Waals surface area contributed by atoms with E-state index < -0.39 is 10.8 Å². The second kappa shape index (κ2) is 7.43. The third kappa shape index (κ3) is 3.73. The summed E-state index contributed by atoms with van der Waals surface area (Å²) in [6, 6.07) is 5.90.